The fourth-order valence-electron chi connectivity index (χ4n) is 4.91. The number of ether oxygens (including phenoxy) is 3. The quantitative estimate of drug-likeness (QED) is 0.107. The fraction of sp³-hybridized carbons (Fsp3) is 0.412. The fourth-order valence-corrected chi connectivity index (χ4v) is 4.91. The molecule has 1 aliphatic carbocycles. The van der Waals surface area contributed by atoms with Gasteiger partial charge in [0.05, 0.1) is 30.2 Å². The molecule has 2 unspecified atom stereocenters. The first kappa shape index (κ1) is 30.8. The van der Waals surface area contributed by atoms with Crippen LogP contribution in [0.5, 0.6) is 11.5 Å². The van der Waals surface area contributed by atoms with Crippen molar-refractivity contribution in [2.45, 2.75) is 83.7 Å². The molecule has 0 aliphatic heterocycles. The first-order valence-electron chi connectivity index (χ1n) is 15.0. The van der Waals surface area contributed by atoms with Crippen molar-refractivity contribution >= 4 is 11.9 Å². The van der Waals surface area contributed by atoms with Crippen LogP contribution in [-0.4, -0.2) is 39.6 Å². The zero-order chi connectivity index (χ0) is 29.8. The largest absolute Gasteiger partial charge is 0.490 e. The lowest BCUT2D eigenvalue weighted by Crippen LogP contribution is -2.38. The Balaban J connectivity index is 1.51. The zero-order valence-corrected chi connectivity index (χ0v) is 24.8. The van der Waals surface area contributed by atoms with Crippen molar-refractivity contribution in [1.29, 1.82) is 0 Å². The molecule has 3 aromatic rings. The minimum absolute atomic E-state index is 0.159. The van der Waals surface area contributed by atoms with Crippen LogP contribution in [0.1, 0.15) is 88.2 Å². The third-order valence-electron chi connectivity index (χ3n) is 7.39. The SMILES string of the molecule is CCCCCCOC(=O)c1ccccc1-n1cc(C2(C(=O)Oc3ccc(OC(CC)CCC)cc3)C=CC=CC2)nn1. The molecule has 0 bridgehead atoms. The van der Waals surface area contributed by atoms with Crippen LogP contribution in [-0.2, 0) is 14.9 Å². The van der Waals surface area contributed by atoms with Crippen molar-refractivity contribution in [3.8, 4) is 17.2 Å². The van der Waals surface area contributed by atoms with Gasteiger partial charge in [-0.25, -0.2) is 9.48 Å². The molecule has 8 heteroatoms. The number of hydrogen-bond donors (Lipinski definition) is 0. The normalized spacial score (nSPS) is 16.6. The van der Waals surface area contributed by atoms with Gasteiger partial charge in [0.1, 0.15) is 22.6 Å². The Morgan fingerprint density at radius 3 is 2.45 bits per heavy atom. The highest BCUT2D eigenvalue weighted by Crippen LogP contribution is 2.34. The van der Waals surface area contributed by atoms with Gasteiger partial charge < -0.3 is 14.2 Å². The van der Waals surface area contributed by atoms with Crippen molar-refractivity contribution in [3.63, 3.8) is 0 Å². The summed E-state index contributed by atoms with van der Waals surface area (Å²) in [4.78, 5) is 26.6. The Hall–Kier alpha value is -4.20. The number of allylic oxidation sites excluding steroid dienone is 3. The van der Waals surface area contributed by atoms with E-state index in [1.807, 2.05) is 36.4 Å². The summed E-state index contributed by atoms with van der Waals surface area (Å²) in [7, 11) is 0. The van der Waals surface area contributed by atoms with Gasteiger partial charge in [-0.15, -0.1) is 5.10 Å². The highest BCUT2D eigenvalue weighted by Gasteiger charge is 2.42. The van der Waals surface area contributed by atoms with Crippen LogP contribution in [0.15, 0.2) is 79.0 Å². The predicted molar refractivity (Wildman–Crippen MR) is 162 cm³/mol. The van der Waals surface area contributed by atoms with E-state index in [0.717, 1.165) is 50.7 Å². The lowest BCUT2D eigenvalue weighted by molar-refractivity contribution is -0.139. The van der Waals surface area contributed by atoms with Gasteiger partial charge in [-0.05, 0) is 62.1 Å². The Labute approximate surface area is 248 Å². The molecular weight excluding hydrogens is 530 g/mol. The number of hydrogen-bond acceptors (Lipinski definition) is 7. The van der Waals surface area contributed by atoms with E-state index >= 15 is 0 Å². The van der Waals surface area contributed by atoms with E-state index in [2.05, 4.69) is 31.1 Å². The molecule has 222 valence electrons. The summed E-state index contributed by atoms with van der Waals surface area (Å²) in [5.74, 6) is 0.270. The number of esters is 2. The number of unbranched alkanes of at least 4 members (excludes halogenated alkanes) is 3. The second-order valence-corrected chi connectivity index (χ2v) is 10.5. The van der Waals surface area contributed by atoms with Gasteiger partial charge in [0, 0.05) is 0 Å². The van der Waals surface area contributed by atoms with Gasteiger partial charge in [0.2, 0.25) is 0 Å². The molecule has 8 nitrogen and oxygen atoms in total. The first-order valence-corrected chi connectivity index (χ1v) is 15.0. The highest BCUT2D eigenvalue weighted by molar-refractivity contribution is 5.93. The molecule has 4 rings (SSSR count). The van der Waals surface area contributed by atoms with Crippen molar-refractivity contribution in [2.75, 3.05) is 6.61 Å². The maximum atomic E-state index is 13.7. The Kier molecular flexibility index (Phi) is 11.1. The molecule has 0 saturated heterocycles. The van der Waals surface area contributed by atoms with E-state index in [1.54, 1.807) is 42.6 Å². The number of carbonyl (C=O) groups is 2. The van der Waals surface area contributed by atoms with E-state index < -0.39 is 17.4 Å². The number of para-hydroxylation sites is 1. The Morgan fingerprint density at radius 2 is 1.74 bits per heavy atom. The second kappa shape index (κ2) is 15.1. The van der Waals surface area contributed by atoms with Crippen LogP contribution >= 0.6 is 0 Å². The van der Waals surface area contributed by atoms with Crippen LogP contribution in [0, 0.1) is 0 Å². The van der Waals surface area contributed by atoms with Crippen molar-refractivity contribution < 1.29 is 23.8 Å². The van der Waals surface area contributed by atoms with Crippen molar-refractivity contribution in [1.82, 2.24) is 15.0 Å². The van der Waals surface area contributed by atoms with Gasteiger partial charge in [-0.2, -0.15) is 0 Å². The van der Waals surface area contributed by atoms with Gasteiger partial charge in [-0.3, -0.25) is 4.79 Å². The lowest BCUT2D eigenvalue weighted by atomic mass is 9.79. The molecule has 1 aliphatic rings. The number of rotatable bonds is 15. The minimum Gasteiger partial charge on any atom is -0.490 e. The van der Waals surface area contributed by atoms with Crippen LogP contribution in [0.2, 0.25) is 0 Å². The minimum atomic E-state index is -1.18. The number of nitrogens with zero attached hydrogens (tertiary/aromatic N) is 3. The van der Waals surface area contributed by atoms with Gasteiger partial charge in [0.15, 0.2) is 0 Å². The predicted octanol–water partition coefficient (Wildman–Crippen LogP) is 7.32. The Morgan fingerprint density at radius 1 is 0.952 bits per heavy atom. The lowest BCUT2D eigenvalue weighted by Gasteiger charge is -2.26. The summed E-state index contributed by atoms with van der Waals surface area (Å²) in [5.41, 5.74) is 0.149. The first-order chi connectivity index (χ1) is 20.5. The molecule has 0 N–H and O–H groups in total. The van der Waals surface area contributed by atoms with E-state index in [0.29, 0.717) is 35.7 Å². The summed E-state index contributed by atoms with van der Waals surface area (Å²) in [6.07, 6.45) is 16.6. The zero-order valence-electron chi connectivity index (χ0n) is 24.8. The van der Waals surface area contributed by atoms with Crippen LogP contribution in [0.4, 0.5) is 0 Å². The molecular formula is C34H41N3O5. The number of carbonyl (C=O) groups excluding carboxylic acids is 2. The van der Waals surface area contributed by atoms with Crippen LogP contribution < -0.4 is 9.47 Å². The topological polar surface area (TPSA) is 92.5 Å². The van der Waals surface area contributed by atoms with E-state index in [9.17, 15) is 9.59 Å². The summed E-state index contributed by atoms with van der Waals surface area (Å²) < 4.78 is 19.0. The van der Waals surface area contributed by atoms with Crippen LogP contribution in [0.25, 0.3) is 5.69 Å². The molecule has 2 atom stereocenters. The molecule has 1 aromatic heterocycles. The van der Waals surface area contributed by atoms with E-state index in [4.69, 9.17) is 14.2 Å². The molecule has 0 fully saturated rings. The monoisotopic (exact) mass is 571 g/mol. The molecule has 0 saturated carbocycles. The second-order valence-electron chi connectivity index (χ2n) is 10.5. The van der Waals surface area contributed by atoms with Gasteiger partial charge in [0.25, 0.3) is 0 Å². The average molecular weight is 572 g/mol. The summed E-state index contributed by atoms with van der Waals surface area (Å²) in [6.45, 7) is 6.76. The molecule has 2 aromatic carbocycles. The smallest absolute Gasteiger partial charge is 0.340 e. The highest BCUT2D eigenvalue weighted by atomic mass is 16.5. The van der Waals surface area contributed by atoms with E-state index in [1.165, 1.54) is 4.68 Å². The average Bonchev–Trinajstić information content (AvgIpc) is 3.53. The molecule has 1 heterocycles. The third-order valence-corrected chi connectivity index (χ3v) is 7.39. The summed E-state index contributed by atoms with van der Waals surface area (Å²) in [6, 6.07) is 14.2. The maximum absolute atomic E-state index is 13.7. The summed E-state index contributed by atoms with van der Waals surface area (Å²) in [5, 5.41) is 8.67. The molecule has 42 heavy (non-hydrogen) atoms. The van der Waals surface area contributed by atoms with Crippen molar-refractivity contribution in [2.24, 2.45) is 0 Å². The maximum Gasteiger partial charge on any atom is 0.340 e. The molecule has 0 radical (unpaired) electrons. The van der Waals surface area contributed by atoms with Crippen LogP contribution in [0.3, 0.4) is 0 Å². The standard InChI is InChI=1S/C34H41N3O5/c1-4-7-8-14-24-40-32(38)29-16-10-11-17-30(29)37-25-31(35-36-37)34(22-12-9-13-23-34)33(39)42-28-20-18-27(19-21-28)41-26(6-3)15-5-2/h9-13,16-22,25-26H,4-8,14-15,23-24H2,1-3H3. The van der Waals surface area contributed by atoms with Crippen molar-refractivity contribution in [3.05, 3.63) is 90.3 Å². The Bertz CT molecular complexity index is 1380. The number of aromatic nitrogens is 3. The molecule has 0 spiro atoms. The third kappa shape index (κ3) is 7.55. The van der Waals surface area contributed by atoms with E-state index in [-0.39, 0.29) is 6.10 Å². The molecule has 0 amide bonds. The van der Waals surface area contributed by atoms with Gasteiger partial charge in [-0.1, -0.05) is 88.1 Å². The summed E-state index contributed by atoms with van der Waals surface area (Å²) >= 11 is 0. The number of benzene rings is 2. The van der Waals surface area contributed by atoms with Gasteiger partial charge >= 0.3 is 11.9 Å².